The molecule has 3 nitrogen and oxygen atoms in total. The average molecular weight is 237 g/mol. The summed E-state index contributed by atoms with van der Waals surface area (Å²) in [7, 11) is -3.36. The van der Waals surface area contributed by atoms with Gasteiger partial charge >= 0.3 is 0 Å². The molecule has 16 heavy (non-hydrogen) atoms. The van der Waals surface area contributed by atoms with Crippen molar-refractivity contribution >= 4 is 10.0 Å². The van der Waals surface area contributed by atoms with Crippen LogP contribution >= 0.6 is 0 Å². The second-order valence-electron chi connectivity index (χ2n) is 3.96. The van der Waals surface area contributed by atoms with Crippen molar-refractivity contribution in [2.45, 2.75) is 30.7 Å². The van der Waals surface area contributed by atoms with Crippen LogP contribution in [0.1, 0.15) is 19.8 Å². The largest absolute Gasteiger partial charge is 0.271 e. The Bertz CT molecular complexity index is 479. The van der Waals surface area contributed by atoms with Gasteiger partial charge in [0.2, 0.25) is 0 Å². The minimum absolute atomic E-state index is 0.0372. The molecule has 1 atom stereocenters. The molecule has 1 aliphatic heterocycles. The summed E-state index contributed by atoms with van der Waals surface area (Å²) in [5.41, 5.74) is 0. The second kappa shape index (κ2) is 4.29. The lowest BCUT2D eigenvalue weighted by atomic mass is 10.1. The van der Waals surface area contributed by atoms with E-state index in [0.717, 1.165) is 12.8 Å². The summed E-state index contributed by atoms with van der Waals surface area (Å²) in [6.45, 7) is 1.93. The van der Waals surface area contributed by atoms with Crippen molar-refractivity contribution in [3.05, 3.63) is 42.6 Å². The zero-order chi connectivity index (χ0) is 11.6. The van der Waals surface area contributed by atoms with Gasteiger partial charge in [-0.2, -0.15) is 0 Å². The van der Waals surface area contributed by atoms with Gasteiger partial charge in [0.25, 0.3) is 10.0 Å². The van der Waals surface area contributed by atoms with Gasteiger partial charge < -0.3 is 0 Å². The van der Waals surface area contributed by atoms with Gasteiger partial charge in [-0.05, 0) is 31.9 Å². The van der Waals surface area contributed by atoms with Gasteiger partial charge in [-0.25, -0.2) is 8.42 Å². The van der Waals surface area contributed by atoms with Crippen LogP contribution in [0.2, 0.25) is 0 Å². The van der Waals surface area contributed by atoms with Crippen molar-refractivity contribution < 1.29 is 8.42 Å². The van der Waals surface area contributed by atoms with Crippen molar-refractivity contribution in [3.8, 4) is 0 Å². The summed E-state index contributed by atoms with van der Waals surface area (Å²) in [6, 6.07) is 8.59. The van der Waals surface area contributed by atoms with E-state index >= 15 is 0 Å². The molecule has 4 heteroatoms. The summed E-state index contributed by atoms with van der Waals surface area (Å²) in [6.07, 6.45) is 5.40. The lowest BCUT2D eigenvalue weighted by Crippen LogP contribution is -2.35. The van der Waals surface area contributed by atoms with Gasteiger partial charge in [-0.15, -0.1) is 0 Å². The minimum Gasteiger partial charge on any atom is -0.271 e. The number of rotatable bonds is 2. The molecule has 1 heterocycles. The van der Waals surface area contributed by atoms with Gasteiger partial charge in [0.15, 0.2) is 0 Å². The lowest BCUT2D eigenvalue weighted by Gasteiger charge is -2.29. The maximum Gasteiger partial charge on any atom is 0.264 e. The standard InChI is InChI=1S/C12H15NO2S/c1-11-7-5-6-10-13(11)16(14,15)12-8-3-2-4-9-12/h2-4,6,8-11H,5,7H2,1H3/t11-/m1/s1. The Morgan fingerprint density at radius 2 is 1.94 bits per heavy atom. The average Bonchev–Trinajstić information content (AvgIpc) is 2.30. The fourth-order valence-electron chi connectivity index (χ4n) is 1.82. The van der Waals surface area contributed by atoms with E-state index in [0.29, 0.717) is 4.90 Å². The highest BCUT2D eigenvalue weighted by atomic mass is 32.2. The number of hydrogen-bond acceptors (Lipinski definition) is 2. The first-order chi connectivity index (χ1) is 7.62. The molecule has 0 fully saturated rings. The highest BCUT2D eigenvalue weighted by molar-refractivity contribution is 7.89. The molecule has 0 aromatic heterocycles. The molecule has 0 saturated carbocycles. The van der Waals surface area contributed by atoms with E-state index in [1.54, 1.807) is 30.5 Å². The Kier molecular flexibility index (Phi) is 3.01. The smallest absolute Gasteiger partial charge is 0.264 e. The molecule has 0 saturated heterocycles. The normalized spacial score (nSPS) is 21.1. The zero-order valence-corrected chi connectivity index (χ0v) is 10.0. The number of hydrogen-bond donors (Lipinski definition) is 0. The quantitative estimate of drug-likeness (QED) is 0.792. The SMILES string of the molecule is C[C@@H]1CCC=CN1S(=O)(=O)c1ccccc1. The Labute approximate surface area is 96.4 Å². The number of allylic oxidation sites excluding steroid dienone is 1. The molecule has 0 N–H and O–H groups in total. The van der Waals surface area contributed by atoms with Crippen LogP contribution in [-0.4, -0.2) is 18.8 Å². The van der Waals surface area contributed by atoms with E-state index in [4.69, 9.17) is 0 Å². The molecule has 0 unspecified atom stereocenters. The minimum atomic E-state index is -3.36. The van der Waals surface area contributed by atoms with Crippen LogP contribution in [0.4, 0.5) is 0 Å². The van der Waals surface area contributed by atoms with Gasteiger partial charge in [0.1, 0.15) is 0 Å². The molecule has 1 aromatic carbocycles. The summed E-state index contributed by atoms with van der Waals surface area (Å²) in [5.74, 6) is 0. The van der Waals surface area contributed by atoms with Crippen LogP contribution in [-0.2, 0) is 10.0 Å². The van der Waals surface area contributed by atoms with Crippen molar-refractivity contribution in [2.24, 2.45) is 0 Å². The van der Waals surface area contributed by atoms with Crippen LogP contribution in [0.25, 0.3) is 0 Å². The Morgan fingerprint density at radius 1 is 1.25 bits per heavy atom. The molecule has 0 spiro atoms. The molecular formula is C12H15NO2S. The van der Waals surface area contributed by atoms with Crippen LogP contribution in [0.3, 0.4) is 0 Å². The third-order valence-electron chi connectivity index (χ3n) is 2.76. The molecule has 0 bridgehead atoms. The topological polar surface area (TPSA) is 37.4 Å². The fraction of sp³-hybridized carbons (Fsp3) is 0.333. The third-order valence-corrected chi connectivity index (χ3v) is 4.66. The van der Waals surface area contributed by atoms with E-state index in [2.05, 4.69) is 0 Å². The van der Waals surface area contributed by atoms with Crippen LogP contribution < -0.4 is 0 Å². The van der Waals surface area contributed by atoms with E-state index in [1.165, 1.54) is 4.31 Å². The Hall–Kier alpha value is -1.29. The van der Waals surface area contributed by atoms with Gasteiger partial charge in [-0.3, -0.25) is 4.31 Å². The molecule has 1 aromatic rings. The first-order valence-electron chi connectivity index (χ1n) is 5.37. The van der Waals surface area contributed by atoms with E-state index in [-0.39, 0.29) is 6.04 Å². The monoisotopic (exact) mass is 237 g/mol. The van der Waals surface area contributed by atoms with Gasteiger partial charge in [0.05, 0.1) is 4.90 Å². The Morgan fingerprint density at radius 3 is 2.56 bits per heavy atom. The molecule has 0 aliphatic carbocycles. The maximum absolute atomic E-state index is 12.3. The Balaban J connectivity index is 2.39. The number of benzene rings is 1. The zero-order valence-electron chi connectivity index (χ0n) is 9.20. The fourth-order valence-corrected chi connectivity index (χ4v) is 3.39. The van der Waals surface area contributed by atoms with Crippen molar-refractivity contribution in [2.75, 3.05) is 0 Å². The molecule has 0 radical (unpaired) electrons. The summed E-state index contributed by atoms with van der Waals surface area (Å²) < 4.78 is 26.0. The van der Waals surface area contributed by atoms with E-state index < -0.39 is 10.0 Å². The van der Waals surface area contributed by atoms with Crippen molar-refractivity contribution in [1.82, 2.24) is 4.31 Å². The summed E-state index contributed by atoms with van der Waals surface area (Å²) in [4.78, 5) is 0.355. The van der Waals surface area contributed by atoms with Crippen LogP contribution in [0, 0.1) is 0 Å². The summed E-state index contributed by atoms with van der Waals surface area (Å²) in [5, 5.41) is 0. The number of nitrogens with zero attached hydrogens (tertiary/aromatic N) is 1. The first-order valence-corrected chi connectivity index (χ1v) is 6.81. The number of sulfonamides is 1. The van der Waals surface area contributed by atoms with E-state index in [9.17, 15) is 8.42 Å². The predicted octanol–water partition coefficient (Wildman–Crippen LogP) is 2.37. The maximum atomic E-state index is 12.3. The third kappa shape index (κ3) is 1.97. The second-order valence-corrected chi connectivity index (χ2v) is 5.80. The first kappa shape index (κ1) is 11.2. The summed E-state index contributed by atoms with van der Waals surface area (Å²) >= 11 is 0. The predicted molar refractivity (Wildman–Crippen MR) is 63.3 cm³/mol. The van der Waals surface area contributed by atoms with Gasteiger partial charge in [0, 0.05) is 12.2 Å². The van der Waals surface area contributed by atoms with Crippen molar-refractivity contribution in [1.29, 1.82) is 0 Å². The molecule has 0 amide bonds. The molecular weight excluding hydrogens is 222 g/mol. The van der Waals surface area contributed by atoms with E-state index in [1.807, 2.05) is 19.1 Å². The highest BCUT2D eigenvalue weighted by Gasteiger charge is 2.26. The molecule has 2 rings (SSSR count). The lowest BCUT2D eigenvalue weighted by molar-refractivity contribution is 0.386. The van der Waals surface area contributed by atoms with Gasteiger partial charge in [-0.1, -0.05) is 24.3 Å². The highest BCUT2D eigenvalue weighted by Crippen LogP contribution is 2.23. The van der Waals surface area contributed by atoms with Crippen LogP contribution in [0.5, 0.6) is 0 Å². The molecule has 1 aliphatic rings. The van der Waals surface area contributed by atoms with Crippen molar-refractivity contribution in [3.63, 3.8) is 0 Å². The molecule has 86 valence electrons. The van der Waals surface area contributed by atoms with Crippen LogP contribution in [0.15, 0.2) is 47.5 Å².